The largest absolute Gasteiger partial charge is 0.358 e. The van der Waals surface area contributed by atoms with Gasteiger partial charge in [0.15, 0.2) is 5.69 Å². The van der Waals surface area contributed by atoms with E-state index in [-0.39, 0.29) is 0 Å². The minimum Gasteiger partial charge on any atom is -0.358 e. The number of H-pyrrole nitrogens is 1. The molecule has 0 amide bonds. The molecule has 0 saturated carbocycles. The van der Waals surface area contributed by atoms with E-state index in [2.05, 4.69) is 20.1 Å². The number of rotatable bonds is 3. The van der Waals surface area contributed by atoms with Gasteiger partial charge < -0.3 is 9.71 Å². The molecule has 1 aromatic carbocycles. The summed E-state index contributed by atoms with van der Waals surface area (Å²) in [6.07, 6.45) is 1.72. The molecule has 3 rings (SSSR count). The molecule has 0 atom stereocenters. The van der Waals surface area contributed by atoms with E-state index in [0.29, 0.717) is 11.3 Å². The van der Waals surface area contributed by atoms with Crippen LogP contribution in [0.2, 0.25) is 0 Å². The van der Waals surface area contributed by atoms with Crippen LogP contribution in [-0.4, -0.2) is 9.36 Å². The normalized spacial score (nSPS) is 10.2. The van der Waals surface area contributed by atoms with E-state index in [9.17, 15) is 0 Å². The first-order chi connectivity index (χ1) is 10.2. The summed E-state index contributed by atoms with van der Waals surface area (Å²) in [4.78, 5) is 3.14. The van der Waals surface area contributed by atoms with Crippen LogP contribution in [0.15, 0.2) is 28.6 Å². The van der Waals surface area contributed by atoms with Crippen molar-refractivity contribution >= 4 is 40.1 Å². The van der Waals surface area contributed by atoms with Gasteiger partial charge in [-0.3, -0.25) is 0 Å². The number of anilines is 1. The Morgan fingerprint density at radius 1 is 1.33 bits per heavy atom. The van der Waals surface area contributed by atoms with Gasteiger partial charge in [0, 0.05) is 17.6 Å². The first-order valence-corrected chi connectivity index (χ1v) is 7.62. The van der Waals surface area contributed by atoms with E-state index in [4.69, 9.17) is 10.5 Å². The SMILES string of the molecule is Cc1ccc(NSc2cc(C#N)ns2)c2[nH]cc(C#N)c12. The predicted molar refractivity (Wildman–Crippen MR) is 84.1 cm³/mol. The molecule has 2 N–H and O–H groups in total. The summed E-state index contributed by atoms with van der Waals surface area (Å²) in [5, 5.41) is 18.8. The number of hydrogen-bond acceptors (Lipinski definition) is 6. The van der Waals surface area contributed by atoms with Crippen molar-refractivity contribution in [3.8, 4) is 12.1 Å². The summed E-state index contributed by atoms with van der Waals surface area (Å²) in [7, 11) is 0. The Balaban J connectivity index is 1.91. The second-order valence-corrected chi connectivity index (χ2v) is 6.25. The summed E-state index contributed by atoms with van der Waals surface area (Å²) in [6, 6.07) is 9.89. The molecule has 0 saturated heterocycles. The third-order valence-electron chi connectivity index (χ3n) is 3.03. The minimum absolute atomic E-state index is 0.421. The highest BCUT2D eigenvalue weighted by Crippen LogP contribution is 2.32. The van der Waals surface area contributed by atoms with Crippen LogP contribution in [0.1, 0.15) is 16.8 Å². The van der Waals surface area contributed by atoms with Crippen LogP contribution in [0, 0.1) is 29.6 Å². The molecule has 2 heterocycles. The van der Waals surface area contributed by atoms with E-state index in [1.54, 1.807) is 12.3 Å². The Morgan fingerprint density at radius 3 is 2.90 bits per heavy atom. The van der Waals surface area contributed by atoms with Crippen LogP contribution in [0.4, 0.5) is 5.69 Å². The topological polar surface area (TPSA) is 88.3 Å². The third kappa shape index (κ3) is 2.45. The molecule has 0 radical (unpaired) electrons. The Morgan fingerprint density at radius 2 is 2.19 bits per heavy atom. The average molecular weight is 311 g/mol. The highest BCUT2D eigenvalue weighted by Gasteiger charge is 2.11. The summed E-state index contributed by atoms with van der Waals surface area (Å²) >= 11 is 2.68. The lowest BCUT2D eigenvalue weighted by molar-refractivity contribution is 1.41. The predicted octanol–water partition coefficient (Wildman–Crippen LogP) is 3.80. The second-order valence-electron chi connectivity index (χ2n) is 4.34. The number of nitrogens with one attached hydrogen (secondary N) is 2. The first-order valence-electron chi connectivity index (χ1n) is 6.03. The van der Waals surface area contributed by atoms with Gasteiger partial charge in [0.2, 0.25) is 0 Å². The lowest BCUT2D eigenvalue weighted by Crippen LogP contribution is -1.88. The Hall–Kier alpha value is -2.48. The number of nitriles is 2. The molecule has 102 valence electrons. The van der Waals surface area contributed by atoms with Gasteiger partial charge in [-0.15, -0.1) is 0 Å². The van der Waals surface area contributed by atoms with Gasteiger partial charge >= 0.3 is 0 Å². The van der Waals surface area contributed by atoms with E-state index in [1.165, 1.54) is 23.5 Å². The first kappa shape index (κ1) is 13.5. The van der Waals surface area contributed by atoms with Crippen LogP contribution in [0.5, 0.6) is 0 Å². The van der Waals surface area contributed by atoms with Crippen LogP contribution in [-0.2, 0) is 0 Å². The molecule has 0 bridgehead atoms. The van der Waals surface area contributed by atoms with Crippen molar-refractivity contribution in [1.29, 1.82) is 10.5 Å². The van der Waals surface area contributed by atoms with E-state index >= 15 is 0 Å². The molecule has 0 fully saturated rings. The molecule has 3 aromatic rings. The van der Waals surface area contributed by atoms with E-state index in [1.807, 2.05) is 25.1 Å². The van der Waals surface area contributed by atoms with Crippen molar-refractivity contribution in [3.63, 3.8) is 0 Å². The summed E-state index contributed by atoms with van der Waals surface area (Å²) < 4.78 is 8.16. The molecule has 2 aromatic heterocycles. The van der Waals surface area contributed by atoms with Gasteiger partial charge in [0.05, 0.1) is 16.8 Å². The number of aryl methyl sites for hydroxylation is 1. The van der Waals surface area contributed by atoms with E-state index < -0.39 is 0 Å². The molecule has 0 aliphatic rings. The number of nitrogens with zero attached hydrogens (tertiary/aromatic N) is 3. The number of hydrogen-bond donors (Lipinski definition) is 2. The van der Waals surface area contributed by atoms with Crippen molar-refractivity contribution in [2.75, 3.05) is 4.72 Å². The number of aromatic amines is 1. The molecule has 7 heteroatoms. The fourth-order valence-corrected chi connectivity index (χ4v) is 3.44. The molecule has 5 nitrogen and oxygen atoms in total. The van der Waals surface area contributed by atoms with E-state index in [0.717, 1.165) is 26.4 Å². The zero-order valence-corrected chi connectivity index (χ0v) is 12.6. The molecular weight excluding hydrogens is 302 g/mol. The average Bonchev–Trinajstić information content (AvgIpc) is 3.13. The van der Waals surface area contributed by atoms with Crippen LogP contribution < -0.4 is 4.72 Å². The lowest BCUT2D eigenvalue weighted by Gasteiger charge is -2.06. The fourth-order valence-electron chi connectivity index (χ4n) is 2.06. The van der Waals surface area contributed by atoms with Gasteiger partial charge in [0.1, 0.15) is 16.3 Å². The Bertz CT molecular complexity index is 894. The quantitative estimate of drug-likeness (QED) is 0.718. The van der Waals surface area contributed by atoms with Crippen molar-refractivity contribution in [2.45, 2.75) is 11.1 Å². The molecule has 21 heavy (non-hydrogen) atoms. The molecule has 0 aliphatic carbocycles. The monoisotopic (exact) mass is 311 g/mol. The molecule has 0 spiro atoms. The van der Waals surface area contributed by atoms with Crippen molar-refractivity contribution in [2.24, 2.45) is 0 Å². The van der Waals surface area contributed by atoms with Gasteiger partial charge in [-0.25, -0.2) is 0 Å². The van der Waals surface area contributed by atoms with Gasteiger partial charge in [-0.1, -0.05) is 6.07 Å². The zero-order chi connectivity index (χ0) is 14.8. The number of benzene rings is 1. The third-order valence-corrected chi connectivity index (χ3v) is 4.73. The highest BCUT2D eigenvalue weighted by molar-refractivity contribution is 8.02. The van der Waals surface area contributed by atoms with Crippen LogP contribution in [0.3, 0.4) is 0 Å². The Kier molecular flexibility index (Phi) is 3.53. The second kappa shape index (κ2) is 5.49. The smallest absolute Gasteiger partial charge is 0.155 e. The standard InChI is InChI=1S/C14H9N5S2/c1-8-2-3-11(14-13(8)9(5-15)7-17-14)19-21-12-4-10(6-16)18-20-12/h2-4,7,17,19H,1H3. The van der Waals surface area contributed by atoms with Crippen molar-refractivity contribution in [1.82, 2.24) is 9.36 Å². The maximum absolute atomic E-state index is 9.14. The van der Waals surface area contributed by atoms with Crippen molar-refractivity contribution in [3.05, 3.63) is 41.2 Å². The summed E-state index contributed by atoms with van der Waals surface area (Å²) in [5.41, 5.74) is 3.92. The van der Waals surface area contributed by atoms with Gasteiger partial charge in [-0.2, -0.15) is 14.9 Å². The van der Waals surface area contributed by atoms with Crippen LogP contribution >= 0.6 is 23.5 Å². The maximum Gasteiger partial charge on any atom is 0.155 e. The summed E-state index contributed by atoms with van der Waals surface area (Å²) in [6.45, 7) is 1.98. The number of aromatic nitrogens is 2. The Labute approximate surface area is 129 Å². The van der Waals surface area contributed by atoms with Crippen LogP contribution in [0.25, 0.3) is 10.9 Å². The van der Waals surface area contributed by atoms with Gasteiger partial charge in [-0.05, 0) is 42.0 Å². The highest BCUT2D eigenvalue weighted by atomic mass is 32.2. The minimum atomic E-state index is 0.421. The maximum atomic E-state index is 9.14. The molecule has 0 aliphatic heterocycles. The molecule has 0 unspecified atom stereocenters. The summed E-state index contributed by atoms with van der Waals surface area (Å²) in [5.74, 6) is 0. The lowest BCUT2D eigenvalue weighted by atomic mass is 10.1. The fraction of sp³-hybridized carbons (Fsp3) is 0.0714. The zero-order valence-electron chi connectivity index (χ0n) is 11.0. The van der Waals surface area contributed by atoms with Gasteiger partial charge in [0.25, 0.3) is 0 Å². The van der Waals surface area contributed by atoms with Crippen molar-refractivity contribution < 1.29 is 0 Å². The number of fused-ring (bicyclic) bond motifs is 1. The molecular formula is C14H9N5S2.